The molecule has 0 atom stereocenters. The number of rotatable bonds is 9. The van der Waals surface area contributed by atoms with Crippen LogP contribution in [0, 0.1) is 0 Å². The van der Waals surface area contributed by atoms with Crippen molar-refractivity contribution >= 4 is 23.6 Å². The first kappa shape index (κ1) is 20.1. The highest BCUT2D eigenvalue weighted by molar-refractivity contribution is 6.36. The molecule has 134 valence electrons. The van der Waals surface area contributed by atoms with Crippen molar-refractivity contribution in [3.63, 3.8) is 0 Å². The lowest BCUT2D eigenvalue weighted by Gasteiger charge is -2.05. The Balaban J connectivity index is 2.55. The standard InChI is InChI=1S/C18H22N2O5/c1-3-25-16(21)13-9-5-8-12-15(18(23)24-2)19-20-17(22)14-10-6-4-7-11-14/h4,6-7,9-11,13H,3,5,8,12H2,1-2H3,(H,20,22)/b13-9+,19-15+. The molecule has 0 radical (unpaired) electrons. The molecule has 0 aliphatic carbocycles. The van der Waals surface area contributed by atoms with Crippen molar-refractivity contribution in [3.8, 4) is 0 Å². The minimum absolute atomic E-state index is 0.108. The summed E-state index contributed by atoms with van der Waals surface area (Å²) in [5.41, 5.74) is 2.89. The fraction of sp³-hybridized carbons (Fsp3) is 0.333. The number of unbranched alkanes of at least 4 members (excludes halogenated alkanes) is 1. The lowest BCUT2D eigenvalue weighted by molar-refractivity contribution is -0.137. The molecular formula is C18H22N2O5. The van der Waals surface area contributed by atoms with E-state index >= 15 is 0 Å². The average Bonchev–Trinajstić information content (AvgIpc) is 2.64. The third kappa shape index (κ3) is 7.92. The number of ether oxygens (including phenoxy) is 2. The van der Waals surface area contributed by atoms with Gasteiger partial charge in [-0.2, -0.15) is 5.10 Å². The normalized spacial score (nSPS) is 11.2. The van der Waals surface area contributed by atoms with Crippen LogP contribution in [0.25, 0.3) is 0 Å². The first-order valence-corrected chi connectivity index (χ1v) is 7.92. The lowest BCUT2D eigenvalue weighted by Crippen LogP contribution is -2.24. The molecule has 0 unspecified atom stereocenters. The van der Waals surface area contributed by atoms with Crippen LogP contribution in [0.4, 0.5) is 0 Å². The molecule has 0 saturated heterocycles. The molecule has 0 aliphatic heterocycles. The third-order valence-electron chi connectivity index (χ3n) is 3.07. The van der Waals surface area contributed by atoms with Crippen molar-refractivity contribution in [2.45, 2.75) is 26.2 Å². The maximum absolute atomic E-state index is 11.9. The minimum Gasteiger partial charge on any atom is -0.464 e. The first-order valence-electron chi connectivity index (χ1n) is 7.92. The van der Waals surface area contributed by atoms with Gasteiger partial charge < -0.3 is 9.47 Å². The van der Waals surface area contributed by atoms with Crippen LogP contribution < -0.4 is 5.43 Å². The van der Waals surface area contributed by atoms with Gasteiger partial charge >= 0.3 is 11.9 Å². The highest BCUT2D eigenvalue weighted by atomic mass is 16.5. The van der Waals surface area contributed by atoms with Crippen LogP contribution in [0.1, 0.15) is 36.5 Å². The molecule has 0 heterocycles. The zero-order valence-corrected chi connectivity index (χ0v) is 14.4. The Morgan fingerprint density at radius 2 is 1.92 bits per heavy atom. The summed E-state index contributed by atoms with van der Waals surface area (Å²) >= 11 is 0. The van der Waals surface area contributed by atoms with Gasteiger partial charge in [0.15, 0.2) is 0 Å². The zero-order chi connectivity index (χ0) is 18.5. The number of amides is 1. The molecule has 0 aromatic heterocycles. The zero-order valence-electron chi connectivity index (χ0n) is 14.4. The number of nitrogens with one attached hydrogen (secondary N) is 1. The van der Waals surface area contributed by atoms with Gasteiger partial charge in [-0.1, -0.05) is 24.3 Å². The maximum Gasteiger partial charge on any atom is 0.354 e. The Kier molecular flexibility index (Phi) is 9.28. The number of methoxy groups -OCH3 is 1. The van der Waals surface area contributed by atoms with Crippen molar-refractivity contribution in [2.24, 2.45) is 5.10 Å². The molecule has 1 N–H and O–H groups in total. The predicted octanol–water partition coefficient (Wildman–Crippen LogP) is 2.24. The van der Waals surface area contributed by atoms with Gasteiger partial charge in [0.25, 0.3) is 5.91 Å². The summed E-state index contributed by atoms with van der Waals surface area (Å²) in [5, 5.41) is 3.86. The largest absolute Gasteiger partial charge is 0.464 e. The van der Waals surface area contributed by atoms with Crippen molar-refractivity contribution in [1.29, 1.82) is 0 Å². The van der Waals surface area contributed by atoms with E-state index in [1.165, 1.54) is 13.2 Å². The van der Waals surface area contributed by atoms with Crippen LogP contribution in [-0.4, -0.2) is 37.3 Å². The fourth-order valence-electron chi connectivity index (χ4n) is 1.85. The summed E-state index contributed by atoms with van der Waals surface area (Å²) in [7, 11) is 1.25. The predicted molar refractivity (Wildman–Crippen MR) is 93.0 cm³/mol. The van der Waals surface area contributed by atoms with Gasteiger partial charge in [-0.3, -0.25) is 4.79 Å². The highest BCUT2D eigenvalue weighted by Crippen LogP contribution is 2.02. The van der Waals surface area contributed by atoms with Gasteiger partial charge in [-0.25, -0.2) is 15.0 Å². The molecular weight excluding hydrogens is 324 g/mol. The number of carbonyl (C=O) groups excluding carboxylic acids is 3. The van der Waals surface area contributed by atoms with E-state index in [1.54, 1.807) is 43.3 Å². The molecule has 0 bridgehead atoms. The molecule has 0 fully saturated rings. The van der Waals surface area contributed by atoms with Gasteiger partial charge in [0.2, 0.25) is 0 Å². The van der Waals surface area contributed by atoms with E-state index in [0.717, 1.165) is 0 Å². The summed E-state index contributed by atoms with van der Waals surface area (Å²) in [4.78, 5) is 34.8. The topological polar surface area (TPSA) is 94.1 Å². The van der Waals surface area contributed by atoms with E-state index < -0.39 is 17.8 Å². The number of hydrogen-bond donors (Lipinski definition) is 1. The van der Waals surface area contributed by atoms with Crippen LogP contribution in [0.5, 0.6) is 0 Å². The number of hydrazone groups is 1. The quantitative estimate of drug-likeness (QED) is 0.243. The van der Waals surface area contributed by atoms with Gasteiger partial charge in [-0.05, 0) is 38.3 Å². The maximum atomic E-state index is 11.9. The first-order chi connectivity index (χ1) is 12.1. The van der Waals surface area contributed by atoms with Gasteiger partial charge in [0.05, 0.1) is 13.7 Å². The average molecular weight is 346 g/mol. The Morgan fingerprint density at radius 1 is 1.20 bits per heavy atom. The summed E-state index contributed by atoms with van der Waals surface area (Å²) in [6.07, 6.45) is 4.42. The molecule has 1 amide bonds. The second kappa shape index (κ2) is 11.6. The van der Waals surface area contributed by atoms with Crippen LogP contribution in [0.15, 0.2) is 47.6 Å². The van der Waals surface area contributed by atoms with Gasteiger partial charge in [0, 0.05) is 11.6 Å². The van der Waals surface area contributed by atoms with E-state index in [9.17, 15) is 14.4 Å². The van der Waals surface area contributed by atoms with E-state index in [4.69, 9.17) is 4.74 Å². The Hall–Kier alpha value is -2.96. The molecule has 25 heavy (non-hydrogen) atoms. The number of nitrogens with zero attached hydrogens (tertiary/aromatic N) is 1. The molecule has 0 spiro atoms. The number of hydrogen-bond acceptors (Lipinski definition) is 6. The van der Waals surface area contributed by atoms with Crippen molar-refractivity contribution in [3.05, 3.63) is 48.0 Å². The second-order valence-electron chi connectivity index (χ2n) is 4.90. The number of esters is 2. The van der Waals surface area contributed by atoms with E-state index in [2.05, 4.69) is 15.3 Å². The molecule has 7 heteroatoms. The monoisotopic (exact) mass is 346 g/mol. The molecule has 1 rings (SSSR count). The molecule has 0 aliphatic rings. The number of allylic oxidation sites excluding steroid dienone is 1. The Bertz CT molecular complexity index is 638. The number of carbonyl (C=O) groups is 3. The van der Waals surface area contributed by atoms with Crippen LogP contribution in [0.3, 0.4) is 0 Å². The summed E-state index contributed by atoms with van der Waals surface area (Å²) in [5.74, 6) is -1.42. The summed E-state index contributed by atoms with van der Waals surface area (Å²) in [6.45, 7) is 2.05. The van der Waals surface area contributed by atoms with Crippen molar-refractivity contribution < 1.29 is 23.9 Å². The van der Waals surface area contributed by atoms with Crippen molar-refractivity contribution in [2.75, 3.05) is 13.7 Å². The van der Waals surface area contributed by atoms with Gasteiger partial charge in [-0.15, -0.1) is 0 Å². The van der Waals surface area contributed by atoms with Crippen LogP contribution in [0.2, 0.25) is 0 Å². The van der Waals surface area contributed by atoms with Crippen LogP contribution >= 0.6 is 0 Å². The third-order valence-corrected chi connectivity index (χ3v) is 3.07. The second-order valence-corrected chi connectivity index (χ2v) is 4.90. The van der Waals surface area contributed by atoms with Crippen LogP contribution in [-0.2, 0) is 19.1 Å². The lowest BCUT2D eigenvalue weighted by atomic mass is 10.1. The fourth-order valence-corrected chi connectivity index (χ4v) is 1.85. The van der Waals surface area contributed by atoms with Crippen molar-refractivity contribution in [1.82, 2.24) is 5.43 Å². The SMILES string of the molecule is CCOC(=O)/C=C/CCC/C(=N\NC(=O)c1ccccc1)C(=O)OC. The van der Waals surface area contributed by atoms with E-state index in [0.29, 0.717) is 31.4 Å². The Labute approximate surface area is 146 Å². The number of benzene rings is 1. The molecule has 7 nitrogen and oxygen atoms in total. The molecule has 1 aromatic carbocycles. The van der Waals surface area contributed by atoms with E-state index in [1.807, 2.05) is 0 Å². The molecule has 1 aromatic rings. The smallest absolute Gasteiger partial charge is 0.354 e. The summed E-state index contributed by atoms with van der Waals surface area (Å²) < 4.78 is 9.43. The van der Waals surface area contributed by atoms with Gasteiger partial charge in [0.1, 0.15) is 5.71 Å². The minimum atomic E-state index is -0.609. The summed E-state index contributed by atoms with van der Waals surface area (Å²) in [6, 6.07) is 8.54. The highest BCUT2D eigenvalue weighted by Gasteiger charge is 2.12. The molecule has 0 saturated carbocycles. The van der Waals surface area contributed by atoms with E-state index in [-0.39, 0.29) is 5.71 Å². The Morgan fingerprint density at radius 3 is 2.56 bits per heavy atom.